The van der Waals surface area contributed by atoms with E-state index in [9.17, 15) is 4.79 Å². The summed E-state index contributed by atoms with van der Waals surface area (Å²) in [5, 5.41) is 4.03. The van der Waals surface area contributed by atoms with Crippen molar-refractivity contribution in [3.05, 3.63) is 29.8 Å². The fourth-order valence-electron chi connectivity index (χ4n) is 1.33. The van der Waals surface area contributed by atoms with Crippen LogP contribution in [-0.4, -0.2) is 17.3 Å². The van der Waals surface area contributed by atoms with Crippen LogP contribution in [0.3, 0.4) is 0 Å². The third-order valence-electron chi connectivity index (χ3n) is 2.83. The van der Waals surface area contributed by atoms with Gasteiger partial charge >= 0.3 is 0 Å². The van der Waals surface area contributed by atoms with Crippen LogP contribution in [0.1, 0.15) is 50.9 Å². The van der Waals surface area contributed by atoms with Crippen LogP contribution < -0.4 is 5.43 Å². The number of nitrogens with one attached hydrogen (secondary N) is 1. The lowest BCUT2D eigenvalue weighted by Crippen LogP contribution is -2.19. The molecule has 19 heavy (non-hydrogen) atoms. The van der Waals surface area contributed by atoms with Gasteiger partial charge in [-0.15, -0.1) is 0 Å². The summed E-state index contributed by atoms with van der Waals surface area (Å²) in [7, 11) is 0. The lowest BCUT2D eigenvalue weighted by molar-refractivity contribution is 0.0955. The number of nitrogens with zero attached hydrogens (tertiary/aromatic N) is 2. The molecule has 1 aromatic rings. The standard InChI is InChI=1S/C15H21N3O/c1-5-11(3)16-14-10-8-7-9-13(14)15(19)18-17-12(4)6-2/h7-10H,5-6H2,1-4H3,(H,18,19)/b16-11?,17-12+. The Bertz CT molecular complexity index is 504. The summed E-state index contributed by atoms with van der Waals surface area (Å²) in [4.78, 5) is 16.5. The van der Waals surface area contributed by atoms with E-state index in [2.05, 4.69) is 15.5 Å². The molecule has 1 aromatic carbocycles. The summed E-state index contributed by atoms with van der Waals surface area (Å²) in [6.45, 7) is 7.86. The third kappa shape index (κ3) is 4.66. The van der Waals surface area contributed by atoms with Gasteiger partial charge in [0.2, 0.25) is 0 Å². The second-order valence-electron chi connectivity index (χ2n) is 4.36. The van der Waals surface area contributed by atoms with Crippen LogP contribution in [0.2, 0.25) is 0 Å². The van der Waals surface area contributed by atoms with Crippen LogP contribution in [0.25, 0.3) is 0 Å². The Balaban J connectivity index is 2.97. The van der Waals surface area contributed by atoms with Crippen molar-refractivity contribution in [1.29, 1.82) is 0 Å². The van der Waals surface area contributed by atoms with Gasteiger partial charge in [-0.05, 0) is 38.8 Å². The zero-order chi connectivity index (χ0) is 14.3. The molecule has 1 amide bonds. The van der Waals surface area contributed by atoms with Gasteiger partial charge in [-0.3, -0.25) is 9.79 Å². The smallest absolute Gasteiger partial charge is 0.267 e. The minimum Gasteiger partial charge on any atom is -0.267 e. The largest absolute Gasteiger partial charge is 0.273 e. The first-order valence-corrected chi connectivity index (χ1v) is 6.55. The highest BCUT2D eigenvalue weighted by atomic mass is 16.2. The van der Waals surface area contributed by atoms with Crippen LogP contribution in [0.15, 0.2) is 34.4 Å². The number of hydrogen-bond acceptors (Lipinski definition) is 3. The minimum atomic E-state index is -0.226. The van der Waals surface area contributed by atoms with E-state index >= 15 is 0 Å². The van der Waals surface area contributed by atoms with Gasteiger partial charge < -0.3 is 0 Å². The number of hydrogen-bond donors (Lipinski definition) is 1. The molecular formula is C15H21N3O. The Morgan fingerprint density at radius 1 is 1.11 bits per heavy atom. The molecule has 4 nitrogen and oxygen atoms in total. The van der Waals surface area contributed by atoms with Crippen molar-refractivity contribution in [3.63, 3.8) is 0 Å². The average Bonchev–Trinajstić information content (AvgIpc) is 2.44. The predicted octanol–water partition coefficient (Wildman–Crippen LogP) is 3.70. The molecule has 1 rings (SSSR count). The van der Waals surface area contributed by atoms with Crippen LogP contribution >= 0.6 is 0 Å². The maximum absolute atomic E-state index is 12.1. The van der Waals surface area contributed by atoms with Crippen LogP contribution in [0.5, 0.6) is 0 Å². The van der Waals surface area contributed by atoms with Crippen molar-refractivity contribution in [1.82, 2.24) is 5.43 Å². The molecule has 0 aromatic heterocycles. The second kappa shape index (κ2) is 7.46. The molecule has 0 atom stereocenters. The van der Waals surface area contributed by atoms with Gasteiger partial charge in [0.25, 0.3) is 5.91 Å². The summed E-state index contributed by atoms with van der Waals surface area (Å²) in [6.07, 6.45) is 1.68. The lowest BCUT2D eigenvalue weighted by atomic mass is 10.1. The predicted molar refractivity (Wildman–Crippen MR) is 80.4 cm³/mol. The zero-order valence-electron chi connectivity index (χ0n) is 12.0. The van der Waals surface area contributed by atoms with Gasteiger partial charge in [0.15, 0.2) is 0 Å². The van der Waals surface area contributed by atoms with Crippen LogP contribution in [0, 0.1) is 0 Å². The number of hydrazone groups is 1. The molecule has 0 bridgehead atoms. The molecule has 0 saturated carbocycles. The average molecular weight is 259 g/mol. The van der Waals surface area contributed by atoms with Gasteiger partial charge in [0, 0.05) is 11.4 Å². The molecule has 4 heteroatoms. The van der Waals surface area contributed by atoms with E-state index < -0.39 is 0 Å². The minimum absolute atomic E-state index is 0.226. The topological polar surface area (TPSA) is 53.8 Å². The molecule has 102 valence electrons. The fourth-order valence-corrected chi connectivity index (χ4v) is 1.33. The Morgan fingerprint density at radius 2 is 1.74 bits per heavy atom. The maximum atomic E-state index is 12.1. The first-order chi connectivity index (χ1) is 9.08. The molecule has 0 heterocycles. The highest BCUT2D eigenvalue weighted by Gasteiger charge is 2.09. The number of benzene rings is 1. The van der Waals surface area contributed by atoms with Crippen molar-refractivity contribution in [2.24, 2.45) is 10.1 Å². The van der Waals surface area contributed by atoms with Gasteiger partial charge in [-0.2, -0.15) is 5.10 Å². The molecule has 0 radical (unpaired) electrons. The number of amides is 1. The van der Waals surface area contributed by atoms with Crippen LogP contribution in [-0.2, 0) is 0 Å². The first-order valence-electron chi connectivity index (χ1n) is 6.55. The SMILES string of the molecule is CCC(C)=Nc1ccccc1C(=O)N/N=C(\C)CC. The fraction of sp³-hybridized carbons (Fsp3) is 0.400. The molecule has 0 fully saturated rings. The van der Waals surface area contributed by atoms with E-state index in [-0.39, 0.29) is 5.91 Å². The molecule has 0 aliphatic carbocycles. The van der Waals surface area contributed by atoms with Crippen molar-refractivity contribution in [2.45, 2.75) is 40.5 Å². The van der Waals surface area contributed by atoms with Crippen molar-refractivity contribution >= 4 is 23.0 Å². The highest BCUT2D eigenvalue weighted by Crippen LogP contribution is 2.19. The lowest BCUT2D eigenvalue weighted by Gasteiger charge is -2.05. The van der Waals surface area contributed by atoms with Crippen molar-refractivity contribution in [3.8, 4) is 0 Å². The summed E-state index contributed by atoms with van der Waals surface area (Å²) >= 11 is 0. The van der Waals surface area contributed by atoms with E-state index in [1.807, 2.05) is 45.9 Å². The third-order valence-corrected chi connectivity index (χ3v) is 2.83. The summed E-state index contributed by atoms with van der Waals surface area (Å²) in [5.74, 6) is -0.226. The Labute approximate surface area is 114 Å². The monoisotopic (exact) mass is 259 g/mol. The number of carbonyl (C=O) groups is 1. The van der Waals surface area contributed by atoms with E-state index in [1.54, 1.807) is 6.07 Å². The van der Waals surface area contributed by atoms with E-state index in [1.165, 1.54) is 0 Å². The molecule has 1 N–H and O–H groups in total. The van der Waals surface area contributed by atoms with Gasteiger partial charge in [-0.1, -0.05) is 26.0 Å². The van der Waals surface area contributed by atoms with Crippen molar-refractivity contribution in [2.75, 3.05) is 0 Å². The number of aliphatic imine (C=N–C) groups is 1. The molecule has 0 saturated heterocycles. The molecule has 0 aliphatic rings. The Kier molecular flexibility index (Phi) is 5.93. The Morgan fingerprint density at radius 3 is 2.37 bits per heavy atom. The van der Waals surface area contributed by atoms with Gasteiger partial charge in [0.05, 0.1) is 11.3 Å². The summed E-state index contributed by atoms with van der Waals surface area (Å²) in [5.41, 5.74) is 5.67. The van der Waals surface area contributed by atoms with E-state index in [0.29, 0.717) is 11.3 Å². The number of rotatable bonds is 5. The normalized spacial score (nSPS) is 12.4. The zero-order valence-corrected chi connectivity index (χ0v) is 12.0. The molecular weight excluding hydrogens is 238 g/mol. The molecule has 0 spiro atoms. The second-order valence-corrected chi connectivity index (χ2v) is 4.36. The number of carbonyl (C=O) groups excluding carboxylic acids is 1. The molecule has 0 aliphatic heterocycles. The maximum Gasteiger partial charge on any atom is 0.273 e. The van der Waals surface area contributed by atoms with E-state index in [0.717, 1.165) is 24.3 Å². The Hall–Kier alpha value is -1.97. The van der Waals surface area contributed by atoms with Crippen molar-refractivity contribution < 1.29 is 4.79 Å². The van der Waals surface area contributed by atoms with E-state index in [4.69, 9.17) is 0 Å². The summed E-state index contributed by atoms with van der Waals surface area (Å²) in [6, 6.07) is 7.29. The first kappa shape index (κ1) is 15.1. The van der Waals surface area contributed by atoms with Crippen LogP contribution in [0.4, 0.5) is 5.69 Å². The van der Waals surface area contributed by atoms with Gasteiger partial charge in [0.1, 0.15) is 0 Å². The quantitative estimate of drug-likeness (QED) is 0.636. The van der Waals surface area contributed by atoms with Gasteiger partial charge in [-0.25, -0.2) is 5.43 Å². The number of para-hydroxylation sites is 1. The highest BCUT2D eigenvalue weighted by molar-refractivity contribution is 6.00. The summed E-state index contributed by atoms with van der Waals surface area (Å²) < 4.78 is 0. The molecule has 0 unspecified atom stereocenters.